The lowest BCUT2D eigenvalue weighted by Crippen LogP contribution is -2.18. The van der Waals surface area contributed by atoms with E-state index in [-0.39, 0.29) is 5.56 Å². The van der Waals surface area contributed by atoms with Crippen LogP contribution in [0.3, 0.4) is 0 Å². The van der Waals surface area contributed by atoms with Crippen molar-refractivity contribution in [3.8, 4) is 28.3 Å². The van der Waals surface area contributed by atoms with Gasteiger partial charge in [-0.25, -0.2) is 10.5 Å². The Kier molecular flexibility index (Phi) is 4.32. The van der Waals surface area contributed by atoms with Crippen molar-refractivity contribution in [2.24, 2.45) is 0 Å². The summed E-state index contributed by atoms with van der Waals surface area (Å²) in [5.41, 5.74) is 5.76. The number of benzene rings is 3. The second-order valence-electron chi connectivity index (χ2n) is 5.92. The molecule has 1 amide bonds. The first-order chi connectivity index (χ1) is 13.2. The Hall–Kier alpha value is -3.64. The van der Waals surface area contributed by atoms with Crippen molar-refractivity contribution in [3.63, 3.8) is 0 Å². The highest BCUT2D eigenvalue weighted by Gasteiger charge is 2.15. The van der Waals surface area contributed by atoms with E-state index >= 15 is 0 Å². The molecule has 134 valence electrons. The van der Waals surface area contributed by atoms with Crippen LogP contribution in [0.4, 0.5) is 0 Å². The molecule has 0 spiro atoms. The van der Waals surface area contributed by atoms with E-state index in [9.17, 15) is 4.79 Å². The summed E-state index contributed by atoms with van der Waals surface area (Å²) in [6.45, 7) is 0. The molecular formula is C21H16N2O4. The fourth-order valence-electron chi connectivity index (χ4n) is 2.93. The van der Waals surface area contributed by atoms with Crippen molar-refractivity contribution >= 4 is 17.0 Å². The number of ether oxygens (including phenoxy) is 1. The molecule has 0 saturated carbocycles. The maximum Gasteiger partial charge on any atom is 0.274 e. The number of fused-ring (bicyclic) bond motifs is 1. The molecule has 0 bridgehead atoms. The maximum absolute atomic E-state index is 11.6. The molecule has 0 saturated heterocycles. The van der Waals surface area contributed by atoms with Gasteiger partial charge in [-0.05, 0) is 41.5 Å². The summed E-state index contributed by atoms with van der Waals surface area (Å²) in [5, 5.41) is 8.77. The van der Waals surface area contributed by atoms with E-state index in [0.717, 1.165) is 11.1 Å². The monoisotopic (exact) mass is 360 g/mol. The van der Waals surface area contributed by atoms with Crippen LogP contribution in [0.25, 0.3) is 33.7 Å². The molecule has 6 heteroatoms. The van der Waals surface area contributed by atoms with Crippen molar-refractivity contribution < 1.29 is 19.2 Å². The minimum Gasteiger partial charge on any atom is -0.496 e. The highest BCUT2D eigenvalue weighted by atomic mass is 16.5. The van der Waals surface area contributed by atoms with Crippen molar-refractivity contribution in [2.75, 3.05) is 7.11 Å². The number of rotatable bonds is 4. The standard InChI is InChI=1S/C21H16N2O4/c1-26-19-12-14(13-5-3-2-4-6-13)7-9-16(19)21-22-17-11-15(20(24)23-25)8-10-18(17)27-21/h2-12,25H,1H3,(H,23,24). The van der Waals surface area contributed by atoms with Crippen LogP contribution in [0.1, 0.15) is 10.4 Å². The number of nitrogens with zero attached hydrogens (tertiary/aromatic N) is 1. The third-order valence-corrected chi connectivity index (χ3v) is 4.29. The van der Waals surface area contributed by atoms with Crippen molar-refractivity contribution in [1.82, 2.24) is 10.5 Å². The molecule has 0 aliphatic carbocycles. The highest BCUT2D eigenvalue weighted by Crippen LogP contribution is 2.35. The normalized spacial score (nSPS) is 10.7. The summed E-state index contributed by atoms with van der Waals surface area (Å²) in [4.78, 5) is 16.0. The molecule has 0 fully saturated rings. The molecule has 0 radical (unpaired) electrons. The number of carbonyl (C=O) groups is 1. The van der Waals surface area contributed by atoms with E-state index in [1.165, 1.54) is 0 Å². The number of hydrogen-bond donors (Lipinski definition) is 2. The summed E-state index contributed by atoms with van der Waals surface area (Å²) in [6, 6.07) is 20.6. The van der Waals surface area contributed by atoms with Gasteiger partial charge >= 0.3 is 0 Å². The zero-order valence-corrected chi connectivity index (χ0v) is 14.5. The molecule has 1 aromatic heterocycles. The number of oxazole rings is 1. The van der Waals surface area contributed by atoms with Crippen LogP contribution in [0.15, 0.2) is 71.1 Å². The van der Waals surface area contributed by atoms with Gasteiger partial charge in [-0.1, -0.05) is 36.4 Å². The van der Waals surface area contributed by atoms with Gasteiger partial charge in [-0.15, -0.1) is 0 Å². The molecule has 6 nitrogen and oxygen atoms in total. The van der Waals surface area contributed by atoms with Crippen LogP contribution in [0.5, 0.6) is 5.75 Å². The second kappa shape index (κ2) is 6.93. The van der Waals surface area contributed by atoms with Gasteiger partial charge in [0, 0.05) is 5.56 Å². The van der Waals surface area contributed by atoms with E-state index < -0.39 is 5.91 Å². The number of nitrogens with one attached hydrogen (secondary N) is 1. The van der Waals surface area contributed by atoms with E-state index in [1.807, 2.05) is 48.5 Å². The Bertz CT molecular complexity index is 1120. The van der Waals surface area contributed by atoms with Gasteiger partial charge in [0.05, 0.1) is 12.7 Å². The Morgan fingerprint density at radius 2 is 1.85 bits per heavy atom. The van der Waals surface area contributed by atoms with Crippen LogP contribution in [-0.4, -0.2) is 23.2 Å². The Morgan fingerprint density at radius 1 is 1.04 bits per heavy atom. The molecule has 2 N–H and O–H groups in total. The minimum atomic E-state index is -0.605. The number of methoxy groups -OCH3 is 1. The van der Waals surface area contributed by atoms with Crippen LogP contribution in [0, 0.1) is 0 Å². The third kappa shape index (κ3) is 3.14. The summed E-state index contributed by atoms with van der Waals surface area (Å²) in [5.74, 6) is 0.422. The molecule has 1 heterocycles. The lowest BCUT2D eigenvalue weighted by Gasteiger charge is -2.08. The number of aromatic nitrogens is 1. The number of carbonyl (C=O) groups excluding carboxylic acids is 1. The topological polar surface area (TPSA) is 84.6 Å². The number of hydrogen-bond acceptors (Lipinski definition) is 5. The molecule has 4 rings (SSSR count). The lowest BCUT2D eigenvalue weighted by atomic mass is 10.0. The average molecular weight is 360 g/mol. The number of hydroxylamine groups is 1. The first-order valence-corrected chi connectivity index (χ1v) is 8.28. The van der Waals surface area contributed by atoms with Crippen molar-refractivity contribution in [3.05, 3.63) is 72.3 Å². The molecule has 27 heavy (non-hydrogen) atoms. The summed E-state index contributed by atoms with van der Waals surface area (Å²) in [6.07, 6.45) is 0. The van der Waals surface area contributed by atoms with Gasteiger partial charge in [0.1, 0.15) is 11.3 Å². The highest BCUT2D eigenvalue weighted by molar-refractivity contribution is 5.96. The van der Waals surface area contributed by atoms with Gasteiger partial charge in [0.2, 0.25) is 5.89 Å². The van der Waals surface area contributed by atoms with E-state index in [2.05, 4.69) is 4.98 Å². The summed E-state index contributed by atoms with van der Waals surface area (Å²) in [7, 11) is 1.60. The fraction of sp³-hybridized carbons (Fsp3) is 0.0476. The number of amides is 1. The zero-order chi connectivity index (χ0) is 18.8. The fourth-order valence-corrected chi connectivity index (χ4v) is 2.93. The van der Waals surface area contributed by atoms with Gasteiger partial charge in [0.25, 0.3) is 5.91 Å². The summed E-state index contributed by atoms with van der Waals surface area (Å²) < 4.78 is 11.4. The zero-order valence-electron chi connectivity index (χ0n) is 14.5. The van der Waals surface area contributed by atoms with E-state index in [0.29, 0.717) is 28.3 Å². The van der Waals surface area contributed by atoms with Crippen LogP contribution < -0.4 is 10.2 Å². The molecular weight excluding hydrogens is 344 g/mol. The molecule has 3 aromatic carbocycles. The lowest BCUT2D eigenvalue weighted by molar-refractivity contribution is 0.0706. The Labute approximate surface area is 155 Å². The van der Waals surface area contributed by atoms with Crippen molar-refractivity contribution in [1.29, 1.82) is 0 Å². The minimum absolute atomic E-state index is 0.288. The Morgan fingerprint density at radius 3 is 2.59 bits per heavy atom. The average Bonchev–Trinajstić information content (AvgIpc) is 3.16. The van der Waals surface area contributed by atoms with E-state index in [4.69, 9.17) is 14.4 Å². The van der Waals surface area contributed by atoms with Gasteiger partial charge in [0.15, 0.2) is 5.58 Å². The predicted octanol–water partition coefficient (Wildman–Crippen LogP) is 4.29. The maximum atomic E-state index is 11.6. The SMILES string of the molecule is COc1cc(-c2ccccc2)ccc1-c1nc2cc(C(=O)NO)ccc2o1. The molecule has 0 aliphatic heterocycles. The van der Waals surface area contributed by atoms with Gasteiger partial charge < -0.3 is 9.15 Å². The van der Waals surface area contributed by atoms with Crippen LogP contribution in [0.2, 0.25) is 0 Å². The smallest absolute Gasteiger partial charge is 0.274 e. The van der Waals surface area contributed by atoms with Crippen LogP contribution in [-0.2, 0) is 0 Å². The predicted molar refractivity (Wildman–Crippen MR) is 101 cm³/mol. The van der Waals surface area contributed by atoms with Gasteiger partial charge in [-0.3, -0.25) is 10.0 Å². The first kappa shape index (κ1) is 16.8. The first-order valence-electron chi connectivity index (χ1n) is 8.28. The molecule has 0 aliphatic rings. The molecule has 4 aromatic rings. The van der Waals surface area contributed by atoms with Gasteiger partial charge in [-0.2, -0.15) is 0 Å². The summed E-state index contributed by atoms with van der Waals surface area (Å²) >= 11 is 0. The van der Waals surface area contributed by atoms with E-state index in [1.54, 1.807) is 30.8 Å². The molecule has 0 atom stereocenters. The quantitative estimate of drug-likeness (QED) is 0.419. The molecule has 0 unspecified atom stereocenters. The van der Waals surface area contributed by atoms with Crippen molar-refractivity contribution in [2.45, 2.75) is 0 Å². The van der Waals surface area contributed by atoms with Crippen LogP contribution >= 0.6 is 0 Å². The Balaban J connectivity index is 1.77. The second-order valence-corrected chi connectivity index (χ2v) is 5.92. The largest absolute Gasteiger partial charge is 0.496 e. The third-order valence-electron chi connectivity index (χ3n) is 4.29.